The molecule has 7 aliphatic heterocycles. The topological polar surface area (TPSA) is 160 Å². The normalized spacial score (nSPS) is 29.5. The summed E-state index contributed by atoms with van der Waals surface area (Å²) in [5.74, 6) is 1.05. The Labute approximate surface area is 322 Å². The number of carbonyl (C=O) groups excluding carboxylic acids is 2. The van der Waals surface area contributed by atoms with Gasteiger partial charge in [0.05, 0.1) is 37.6 Å². The summed E-state index contributed by atoms with van der Waals surface area (Å²) in [5, 5.41) is 34.8. The van der Waals surface area contributed by atoms with Gasteiger partial charge in [-0.15, -0.1) is 11.8 Å². The molecule has 7 atom stereocenters. The number of hydrogen-bond donors (Lipinski definition) is 3. The fourth-order valence-electron chi connectivity index (χ4n) is 10.3. The van der Waals surface area contributed by atoms with Gasteiger partial charge in [0.25, 0.3) is 0 Å². The lowest BCUT2D eigenvalue weighted by Gasteiger charge is -2.62. The maximum Gasteiger partial charge on any atom is 0.332 e. The lowest BCUT2D eigenvalue weighted by molar-refractivity contribution is -0.188. The summed E-state index contributed by atoms with van der Waals surface area (Å²) in [7, 11) is 6.87. The molecule has 2 fully saturated rings. The monoisotopic (exact) mass is 775 g/mol. The Morgan fingerprint density at radius 1 is 0.982 bits per heavy atom. The third kappa shape index (κ3) is 4.89. The van der Waals surface area contributed by atoms with Gasteiger partial charge in [-0.2, -0.15) is 0 Å². The molecule has 0 aliphatic carbocycles. The molecule has 3 aromatic rings. The fourth-order valence-corrected chi connectivity index (χ4v) is 12.1. The number of ether oxygens (including phenoxy) is 6. The van der Waals surface area contributed by atoms with Crippen molar-refractivity contribution in [1.82, 2.24) is 14.7 Å². The van der Waals surface area contributed by atoms with Gasteiger partial charge >= 0.3 is 11.9 Å². The van der Waals surface area contributed by atoms with E-state index in [1.165, 1.54) is 32.9 Å². The Morgan fingerprint density at radius 2 is 1.75 bits per heavy atom. The molecule has 7 aliphatic rings. The third-order valence-electron chi connectivity index (χ3n) is 12.8. The number of phenols is 2. The van der Waals surface area contributed by atoms with Crippen LogP contribution in [0.2, 0.25) is 0 Å². The van der Waals surface area contributed by atoms with E-state index >= 15 is 0 Å². The minimum atomic E-state index is -1.32. The van der Waals surface area contributed by atoms with Crippen LogP contribution >= 0.6 is 11.8 Å². The number of likely N-dealkylation sites (N-methyl/N-ethyl adjacent to an activating group) is 2. The first-order valence-electron chi connectivity index (χ1n) is 18.4. The number of fused-ring (bicyclic) bond motifs is 9. The molecule has 55 heavy (non-hydrogen) atoms. The first-order valence-corrected chi connectivity index (χ1v) is 19.5. The van der Waals surface area contributed by atoms with Gasteiger partial charge in [-0.25, -0.2) is 4.79 Å². The van der Waals surface area contributed by atoms with Crippen LogP contribution in [0.1, 0.15) is 68.8 Å². The van der Waals surface area contributed by atoms with Gasteiger partial charge in [-0.3, -0.25) is 19.5 Å². The summed E-state index contributed by atoms with van der Waals surface area (Å²) >= 11 is 1.49. The number of esters is 2. The van der Waals surface area contributed by atoms with Crippen LogP contribution in [0.15, 0.2) is 18.2 Å². The Hall–Kier alpha value is -4.41. The summed E-state index contributed by atoms with van der Waals surface area (Å²) in [6.45, 7) is 5.35. The van der Waals surface area contributed by atoms with E-state index in [2.05, 4.69) is 4.90 Å². The standard InChI is InChI=1S/C40H45N3O11S/c1-17-10-21-11-23-38(47)43-24-14-51-39(48)40(22-13-26(49-6)25(45)12-20(22)8-9-41(40)4)15-55-37(31(43)30(42(23)5)27(21)32(46)33(17)50-7)29-28(24)36-35(52-16-53-36)18(2)34(29)54-19(3)44/h10,12-13,23-24,30-31,37-38,45-47H,8-9,11,14-16H2,1-7H3/t23-,24-,30+,31+,37-,38-,40-/m0/s1. The predicted molar refractivity (Wildman–Crippen MR) is 199 cm³/mol. The number of methoxy groups -OCH3 is 2. The fraction of sp³-hybridized carbons (Fsp3) is 0.500. The highest BCUT2D eigenvalue weighted by Crippen LogP contribution is 2.64. The average molecular weight is 776 g/mol. The summed E-state index contributed by atoms with van der Waals surface area (Å²) in [6, 6.07) is 3.19. The van der Waals surface area contributed by atoms with Crippen molar-refractivity contribution in [2.75, 3.05) is 54.0 Å². The number of hydrogen-bond acceptors (Lipinski definition) is 15. The zero-order chi connectivity index (χ0) is 38.8. The van der Waals surface area contributed by atoms with Gasteiger partial charge in [-0.05, 0) is 75.2 Å². The van der Waals surface area contributed by atoms with Crippen molar-refractivity contribution in [3.05, 3.63) is 62.7 Å². The molecular formula is C40H45N3O11S. The molecule has 0 amide bonds. The molecule has 4 bridgehead atoms. The van der Waals surface area contributed by atoms with Crippen LogP contribution in [0.25, 0.3) is 0 Å². The smallest absolute Gasteiger partial charge is 0.332 e. The van der Waals surface area contributed by atoms with Crippen LogP contribution in [0, 0.1) is 13.8 Å². The van der Waals surface area contributed by atoms with Crippen LogP contribution in [0.3, 0.4) is 0 Å². The number of aryl methyl sites for hydroxylation is 1. The number of phenolic OH excluding ortho intramolecular Hbond substituents is 2. The first-order chi connectivity index (χ1) is 26.3. The Kier molecular flexibility index (Phi) is 8.44. The number of benzene rings is 3. The van der Waals surface area contributed by atoms with Crippen LogP contribution in [0.4, 0.5) is 0 Å². The van der Waals surface area contributed by atoms with Crippen LogP contribution in [-0.4, -0.2) is 114 Å². The summed E-state index contributed by atoms with van der Waals surface area (Å²) in [6.07, 6.45) is -0.00348. The summed E-state index contributed by atoms with van der Waals surface area (Å²) in [4.78, 5) is 34.0. The summed E-state index contributed by atoms with van der Waals surface area (Å²) in [5.41, 5.74) is 4.48. The average Bonchev–Trinajstić information content (AvgIpc) is 3.64. The minimum Gasteiger partial charge on any atom is -0.504 e. The quantitative estimate of drug-likeness (QED) is 0.261. The molecule has 7 heterocycles. The second-order valence-corrected chi connectivity index (χ2v) is 16.5. The first kappa shape index (κ1) is 36.2. The number of rotatable bonds is 3. The number of nitrogens with zero attached hydrogens (tertiary/aromatic N) is 3. The van der Waals surface area contributed by atoms with E-state index in [1.54, 1.807) is 12.1 Å². The molecule has 0 radical (unpaired) electrons. The number of piperazine rings is 1. The third-order valence-corrected chi connectivity index (χ3v) is 14.2. The largest absolute Gasteiger partial charge is 0.504 e. The van der Waals surface area contributed by atoms with Gasteiger partial charge in [0.2, 0.25) is 6.79 Å². The minimum absolute atomic E-state index is 0.0155. The van der Waals surface area contributed by atoms with Crippen molar-refractivity contribution in [2.45, 2.75) is 74.8 Å². The van der Waals surface area contributed by atoms with Gasteiger partial charge < -0.3 is 43.7 Å². The van der Waals surface area contributed by atoms with E-state index in [0.29, 0.717) is 70.2 Å². The zero-order valence-corrected chi connectivity index (χ0v) is 32.6. The molecule has 10 rings (SSSR count). The van der Waals surface area contributed by atoms with Crippen molar-refractivity contribution in [2.24, 2.45) is 0 Å². The molecule has 3 aromatic carbocycles. The molecule has 2 saturated heterocycles. The molecule has 3 N–H and O–H groups in total. The molecular weight excluding hydrogens is 731 g/mol. The Balaban J connectivity index is 1.33. The lowest BCUT2D eigenvalue weighted by Crippen LogP contribution is -2.70. The molecule has 0 saturated carbocycles. The van der Waals surface area contributed by atoms with E-state index < -0.39 is 47.1 Å². The van der Waals surface area contributed by atoms with Crippen LogP contribution in [-0.2, 0) is 32.7 Å². The number of aromatic hydroxyl groups is 2. The molecule has 292 valence electrons. The highest BCUT2D eigenvalue weighted by atomic mass is 32.2. The van der Waals surface area contributed by atoms with Crippen molar-refractivity contribution >= 4 is 23.7 Å². The summed E-state index contributed by atoms with van der Waals surface area (Å²) < 4.78 is 36.1. The number of thioether (sulfide) groups is 1. The molecule has 14 nitrogen and oxygen atoms in total. The van der Waals surface area contributed by atoms with Crippen molar-refractivity contribution in [3.63, 3.8) is 0 Å². The van der Waals surface area contributed by atoms with E-state index in [-0.39, 0.29) is 42.4 Å². The molecule has 15 heteroatoms. The number of aliphatic hydroxyl groups excluding tert-OH is 1. The van der Waals surface area contributed by atoms with E-state index in [1.807, 2.05) is 43.8 Å². The van der Waals surface area contributed by atoms with Crippen molar-refractivity contribution < 1.29 is 53.3 Å². The zero-order valence-electron chi connectivity index (χ0n) is 31.8. The van der Waals surface area contributed by atoms with E-state index in [9.17, 15) is 24.9 Å². The van der Waals surface area contributed by atoms with Gasteiger partial charge in [0.15, 0.2) is 40.0 Å². The van der Waals surface area contributed by atoms with E-state index in [4.69, 9.17) is 28.4 Å². The molecule has 0 aromatic heterocycles. The maximum atomic E-state index is 14.9. The Morgan fingerprint density at radius 3 is 2.47 bits per heavy atom. The van der Waals surface area contributed by atoms with Crippen molar-refractivity contribution in [3.8, 4) is 40.2 Å². The predicted octanol–water partition coefficient (Wildman–Crippen LogP) is 3.76. The van der Waals surface area contributed by atoms with Crippen LogP contribution < -0.4 is 23.7 Å². The van der Waals surface area contributed by atoms with Crippen LogP contribution in [0.5, 0.6) is 40.2 Å². The highest BCUT2D eigenvalue weighted by molar-refractivity contribution is 7.99. The molecule has 1 spiro atoms. The second-order valence-electron chi connectivity index (χ2n) is 15.4. The van der Waals surface area contributed by atoms with Gasteiger partial charge in [-0.1, -0.05) is 6.07 Å². The SMILES string of the molecule is COc1cc2c(cc1O)CCN(C)[C@@]21CS[C@H]2c3c(OC(C)=O)c(C)c4c(c3[C@H](COC1=O)N1[C@@H]2[C@H]2c3c(cc(C)c(OC)c3O)C[C@@H]([C@@H]1O)N2C)OCO4. The van der Waals surface area contributed by atoms with Gasteiger partial charge in [0, 0.05) is 47.5 Å². The van der Waals surface area contributed by atoms with E-state index in [0.717, 1.165) is 16.7 Å². The Bertz CT molecular complexity index is 2160. The molecule has 0 unspecified atom stereocenters. The maximum absolute atomic E-state index is 14.9. The highest BCUT2D eigenvalue weighted by Gasteiger charge is 2.62. The van der Waals surface area contributed by atoms with Gasteiger partial charge in [0.1, 0.15) is 18.6 Å². The second kappa shape index (κ2) is 12.8. The lowest BCUT2D eigenvalue weighted by atomic mass is 9.73. The number of aliphatic hydroxyl groups is 1. The number of carbonyl (C=O) groups is 2. The van der Waals surface area contributed by atoms with Crippen molar-refractivity contribution in [1.29, 1.82) is 0 Å².